The van der Waals surface area contributed by atoms with Gasteiger partial charge in [0.05, 0.1) is 0 Å². The van der Waals surface area contributed by atoms with Crippen LogP contribution in [0.2, 0.25) is 0 Å². The average Bonchev–Trinajstić information content (AvgIpc) is 2.17. The fourth-order valence-electron chi connectivity index (χ4n) is 1.08. The Hall–Kier alpha value is -0.830. The third kappa shape index (κ3) is 3.92. The predicted molar refractivity (Wildman–Crippen MR) is 61.4 cm³/mol. The molecule has 14 heavy (non-hydrogen) atoms. The third-order valence-corrected chi connectivity index (χ3v) is 2.33. The zero-order valence-corrected chi connectivity index (χ0v) is 9.80. The zero-order valence-electron chi connectivity index (χ0n) is 8.22. The van der Waals surface area contributed by atoms with Gasteiger partial charge in [-0.1, -0.05) is 45.8 Å². The van der Waals surface area contributed by atoms with E-state index in [1.807, 2.05) is 31.2 Å². The molecule has 0 aromatic heterocycles. The molecule has 3 heteroatoms. The highest BCUT2D eigenvalue weighted by Gasteiger charge is 1.98. The number of carbonyl (C=O) groups excluding carboxylic acids is 1. The SMILES string of the molecule is Cc1ccc(CNC(=O)CCBr)cc1. The molecule has 0 aliphatic carbocycles. The summed E-state index contributed by atoms with van der Waals surface area (Å²) in [6.07, 6.45) is 0.534. The second kappa shape index (κ2) is 5.81. The zero-order chi connectivity index (χ0) is 10.4. The van der Waals surface area contributed by atoms with Crippen molar-refractivity contribution in [3.63, 3.8) is 0 Å². The van der Waals surface area contributed by atoms with Gasteiger partial charge < -0.3 is 5.32 Å². The molecule has 0 heterocycles. The van der Waals surface area contributed by atoms with E-state index in [0.717, 1.165) is 5.56 Å². The van der Waals surface area contributed by atoms with Crippen LogP contribution in [0.1, 0.15) is 17.5 Å². The highest BCUT2D eigenvalue weighted by atomic mass is 79.9. The van der Waals surface area contributed by atoms with Gasteiger partial charge in [-0.3, -0.25) is 4.79 Å². The van der Waals surface area contributed by atoms with Crippen molar-refractivity contribution in [2.75, 3.05) is 5.33 Å². The Bertz CT molecular complexity index is 295. The molecule has 0 saturated heterocycles. The lowest BCUT2D eigenvalue weighted by atomic mass is 10.1. The number of alkyl halides is 1. The number of hydrogen-bond acceptors (Lipinski definition) is 1. The van der Waals surface area contributed by atoms with Gasteiger partial charge in [-0.15, -0.1) is 0 Å². The van der Waals surface area contributed by atoms with E-state index in [4.69, 9.17) is 0 Å². The van der Waals surface area contributed by atoms with Crippen molar-refractivity contribution in [3.05, 3.63) is 35.4 Å². The van der Waals surface area contributed by atoms with Gasteiger partial charge in [0.15, 0.2) is 0 Å². The van der Waals surface area contributed by atoms with Crippen LogP contribution >= 0.6 is 15.9 Å². The number of amides is 1. The Balaban J connectivity index is 2.38. The second-order valence-electron chi connectivity index (χ2n) is 3.20. The highest BCUT2D eigenvalue weighted by Crippen LogP contribution is 2.02. The molecule has 0 saturated carbocycles. The first-order chi connectivity index (χ1) is 6.72. The van der Waals surface area contributed by atoms with E-state index < -0.39 is 0 Å². The summed E-state index contributed by atoms with van der Waals surface area (Å²) >= 11 is 3.22. The van der Waals surface area contributed by atoms with Gasteiger partial charge in [-0.25, -0.2) is 0 Å². The van der Waals surface area contributed by atoms with Crippen molar-refractivity contribution in [1.29, 1.82) is 0 Å². The van der Waals surface area contributed by atoms with Crippen molar-refractivity contribution < 1.29 is 4.79 Å². The topological polar surface area (TPSA) is 29.1 Å². The summed E-state index contributed by atoms with van der Waals surface area (Å²) in [4.78, 5) is 11.1. The molecule has 1 amide bonds. The number of rotatable bonds is 4. The lowest BCUT2D eigenvalue weighted by molar-refractivity contribution is -0.120. The van der Waals surface area contributed by atoms with E-state index >= 15 is 0 Å². The van der Waals surface area contributed by atoms with Gasteiger partial charge in [-0.05, 0) is 12.5 Å². The van der Waals surface area contributed by atoms with Crippen LogP contribution in [0.15, 0.2) is 24.3 Å². The third-order valence-electron chi connectivity index (χ3n) is 1.93. The number of aryl methyl sites for hydroxylation is 1. The monoisotopic (exact) mass is 255 g/mol. The van der Waals surface area contributed by atoms with Crippen LogP contribution in [0.4, 0.5) is 0 Å². The summed E-state index contributed by atoms with van der Waals surface area (Å²) in [6.45, 7) is 2.67. The lowest BCUT2D eigenvalue weighted by Gasteiger charge is -2.04. The fraction of sp³-hybridized carbons (Fsp3) is 0.364. The van der Waals surface area contributed by atoms with Crippen LogP contribution in [0.5, 0.6) is 0 Å². The van der Waals surface area contributed by atoms with Gasteiger partial charge in [0.25, 0.3) is 0 Å². The minimum absolute atomic E-state index is 0.0856. The van der Waals surface area contributed by atoms with Gasteiger partial charge in [0, 0.05) is 18.3 Å². The van der Waals surface area contributed by atoms with Gasteiger partial charge in [0.1, 0.15) is 0 Å². The van der Waals surface area contributed by atoms with Crippen LogP contribution in [-0.2, 0) is 11.3 Å². The number of nitrogens with one attached hydrogen (secondary N) is 1. The number of carbonyl (C=O) groups is 1. The molecule has 0 aliphatic heterocycles. The van der Waals surface area contributed by atoms with E-state index in [9.17, 15) is 4.79 Å². The average molecular weight is 256 g/mol. The first-order valence-electron chi connectivity index (χ1n) is 4.60. The van der Waals surface area contributed by atoms with E-state index in [1.165, 1.54) is 5.56 Å². The number of halogens is 1. The smallest absolute Gasteiger partial charge is 0.221 e. The van der Waals surface area contributed by atoms with Crippen molar-refractivity contribution >= 4 is 21.8 Å². The Morgan fingerprint density at radius 2 is 2.00 bits per heavy atom. The summed E-state index contributed by atoms with van der Waals surface area (Å²) in [5.41, 5.74) is 2.37. The van der Waals surface area contributed by atoms with Gasteiger partial charge in [0.2, 0.25) is 5.91 Å². The maximum Gasteiger partial charge on any atom is 0.221 e. The highest BCUT2D eigenvalue weighted by molar-refractivity contribution is 9.09. The van der Waals surface area contributed by atoms with Crippen LogP contribution < -0.4 is 5.32 Å². The molecule has 0 bridgehead atoms. The molecule has 0 aliphatic rings. The predicted octanol–water partition coefficient (Wildman–Crippen LogP) is 2.40. The molecule has 0 radical (unpaired) electrons. The van der Waals surface area contributed by atoms with E-state index in [1.54, 1.807) is 0 Å². The maximum atomic E-state index is 11.1. The molecule has 1 N–H and O–H groups in total. The molecule has 2 nitrogen and oxygen atoms in total. The van der Waals surface area contributed by atoms with Crippen LogP contribution in [-0.4, -0.2) is 11.2 Å². The van der Waals surface area contributed by atoms with Crippen molar-refractivity contribution in [3.8, 4) is 0 Å². The Labute approximate surface area is 92.8 Å². The molecule has 0 spiro atoms. The van der Waals surface area contributed by atoms with E-state index in [-0.39, 0.29) is 5.91 Å². The molecule has 0 fully saturated rings. The summed E-state index contributed by atoms with van der Waals surface area (Å²) in [6, 6.07) is 8.16. The summed E-state index contributed by atoms with van der Waals surface area (Å²) in [5, 5.41) is 3.57. The first kappa shape index (κ1) is 11.2. The van der Waals surface area contributed by atoms with Crippen molar-refractivity contribution in [2.45, 2.75) is 19.9 Å². The summed E-state index contributed by atoms with van der Waals surface area (Å²) < 4.78 is 0. The van der Waals surface area contributed by atoms with Gasteiger partial charge >= 0.3 is 0 Å². The fourth-order valence-corrected chi connectivity index (χ4v) is 1.44. The molecule has 1 aromatic carbocycles. The van der Waals surface area contributed by atoms with Crippen LogP contribution in [0.3, 0.4) is 0 Å². The number of benzene rings is 1. The number of hydrogen-bond donors (Lipinski definition) is 1. The Morgan fingerprint density at radius 1 is 1.36 bits per heavy atom. The Kier molecular flexibility index (Phi) is 4.66. The van der Waals surface area contributed by atoms with Crippen LogP contribution in [0.25, 0.3) is 0 Å². The summed E-state index contributed by atoms with van der Waals surface area (Å²) in [7, 11) is 0. The molecular weight excluding hydrogens is 242 g/mol. The largest absolute Gasteiger partial charge is 0.352 e. The molecule has 1 rings (SSSR count). The quantitative estimate of drug-likeness (QED) is 0.823. The Morgan fingerprint density at radius 3 is 2.57 bits per heavy atom. The molecule has 0 unspecified atom stereocenters. The van der Waals surface area contributed by atoms with Gasteiger partial charge in [-0.2, -0.15) is 0 Å². The normalized spacial score (nSPS) is 9.86. The lowest BCUT2D eigenvalue weighted by Crippen LogP contribution is -2.22. The standard InChI is InChI=1S/C11H14BrNO/c1-9-2-4-10(5-3-9)8-13-11(14)6-7-12/h2-5H,6-8H2,1H3,(H,13,14). The first-order valence-corrected chi connectivity index (χ1v) is 5.72. The van der Waals surface area contributed by atoms with E-state index in [0.29, 0.717) is 18.3 Å². The minimum atomic E-state index is 0.0856. The summed E-state index contributed by atoms with van der Waals surface area (Å²) in [5.74, 6) is 0.0856. The van der Waals surface area contributed by atoms with Crippen molar-refractivity contribution in [1.82, 2.24) is 5.32 Å². The minimum Gasteiger partial charge on any atom is -0.352 e. The van der Waals surface area contributed by atoms with Crippen LogP contribution in [0, 0.1) is 6.92 Å². The molecule has 76 valence electrons. The molecule has 0 atom stereocenters. The van der Waals surface area contributed by atoms with E-state index in [2.05, 4.69) is 21.2 Å². The second-order valence-corrected chi connectivity index (χ2v) is 3.99. The molecule has 1 aromatic rings. The van der Waals surface area contributed by atoms with Crippen molar-refractivity contribution in [2.24, 2.45) is 0 Å². The maximum absolute atomic E-state index is 11.1. The molecular formula is C11H14BrNO.